The lowest BCUT2D eigenvalue weighted by molar-refractivity contribution is -0.385. The fourth-order valence-corrected chi connectivity index (χ4v) is 3.30. The molecule has 0 bridgehead atoms. The summed E-state index contributed by atoms with van der Waals surface area (Å²) in [4.78, 5) is 23.2. The molecule has 1 aliphatic carbocycles. The smallest absolute Gasteiger partial charge is 0.322 e. The zero-order chi connectivity index (χ0) is 18.0. The summed E-state index contributed by atoms with van der Waals surface area (Å²) in [5, 5.41) is 21.4. The van der Waals surface area contributed by atoms with E-state index in [1.807, 2.05) is 18.2 Å². The van der Waals surface area contributed by atoms with Gasteiger partial charge in [-0.1, -0.05) is 18.9 Å². The van der Waals surface area contributed by atoms with Crippen molar-refractivity contribution in [1.29, 1.82) is 0 Å². The molecular formula is C17H21N5O3. The van der Waals surface area contributed by atoms with Gasteiger partial charge in [-0.25, -0.2) is 0 Å². The van der Waals surface area contributed by atoms with Crippen LogP contribution >= 0.6 is 0 Å². The molecule has 0 atom stereocenters. The highest BCUT2D eigenvalue weighted by Gasteiger charge is 2.29. The third-order valence-corrected chi connectivity index (χ3v) is 4.43. The lowest BCUT2D eigenvalue weighted by Crippen LogP contribution is -2.18. The maximum Gasteiger partial charge on any atom is 0.322 e. The van der Waals surface area contributed by atoms with Crippen LogP contribution in [-0.4, -0.2) is 26.7 Å². The van der Waals surface area contributed by atoms with Crippen LogP contribution in [0.1, 0.15) is 41.9 Å². The van der Waals surface area contributed by atoms with E-state index in [0.29, 0.717) is 11.7 Å². The molecule has 2 aromatic rings. The van der Waals surface area contributed by atoms with E-state index >= 15 is 0 Å². The van der Waals surface area contributed by atoms with Crippen molar-refractivity contribution in [3.8, 4) is 0 Å². The van der Waals surface area contributed by atoms with Crippen LogP contribution in [0.15, 0.2) is 24.3 Å². The number of rotatable bonds is 5. The van der Waals surface area contributed by atoms with Crippen LogP contribution < -0.4 is 10.6 Å². The van der Waals surface area contributed by atoms with Gasteiger partial charge in [-0.3, -0.25) is 19.6 Å². The zero-order valence-corrected chi connectivity index (χ0v) is 14.3. The van der Waals surface area contributed by atoms with Crippen molar-refractivity contribution >= 4 is 23.0 Å². The van der Waals surface area contributed by atoms with E-state index in [0.717, 1.165) is 18.5 Å². The number of anilines is 2. The Labute approximate surface area is 145 Å². The van der Waals surface area contributed by atoms with Crippen LogP contribution in [0.3, 0.4) is 0 Å². The molecule has 0 unspecified atom stereocenters. The zero-order valence-electron chi connectivity index (χ0n) is 14.3. The topological polar surface area (TPSA) is 102 Å². The molecule has 25 heavy (non-hydrogen) atoms. The summed E-state index contributed by atoms with van der Waals surface area (Å²) in [5.41, 5.74) is 1.41. The minimum Gasteiger partial charge on any atom is -0.382 e. The Morgan fingerprint density at radius 3 is 2.68 bits per heavy atom. The van der Waals surface area contributed by atoms with Gasteiger partial charge < -0.3 is 10.6 Å². The summed E-state index contributed by atoms with van der Waals surface area (Å²) in [6.07, 6.45) is 4.77. The van der Waals surface area contributed by atoms with Gasteiger partial charge in [0.2, 0.25) is 5.69 Å². The Hall–Kier alpha value is -2.90. The van der Waals surface area contributed by atoms with Crippen LogP contribution in [0.25, 0.3) is 0 Å². The van der Waals surface area contributed by atoms with Crippen molar-refractivity contribution in [1.82, 2.24) is 9.78 Å². The van der Waals surface area contributed by atoms with Gasteiger partial charge in [0.25, 0.3) is 5.91 Å². The van der Waals surface area contributed by atoms with Crippen LogP contribution in [-0.2, 0) is 7.05 Å². The molecule has 1 fully saturated rings. The van der Waals surface area contributed by atoms with Crippen LogP contribution in [0, 0.1) is 17.0 Å². The minimum absolute atomic E-state index is 0.0587. The predicted octanol–water partition coefficient (Wildman–Crippen LogP) is 3.24. The Morgan fingerprint density at radius 1 is 1.32 bits per heavy atom. The molecule has 1 aromatic heterocycles. The van der Waals surface area contributed by atoms with Crippen LogP contribution in [0.4, 0.5) is 17.1 Å². The molecule has 1 heterocycles. The van der Waals surface area contributed by atoms with Gasteiger partial charge in [-0.2, -0.15) is 5.10 Å². The molecule has 0 spiro atoms. The number of hydrogen-bond donors (Lipinski definition) is 2. The first kappa shape index (κ1) is 16.9. The largest absolute Gasteiger partial charge is 0.382 e. The lowest BCUT2D eigenvalue weighted by atomic mass is 10.2. The maximum absolute atomic E-state index is 12.5. The summed E-state index contributed by atoms with van der Waals surface area (Å²) >= 11 is 0. The van der Waals surface area contributed by atoms with Crippen molar-refractivity contribution in [2.45, 2.75) is 38.6 Å². The second kappa shape index (κ2) is 6.92. The number of nitro groups is 1. The first-order chi connectivity index (χ1) is 12.0. The quantitative estimate of drug-likeness (QED) is 0.641. The number of aryl methyl sites for hydroxylation is 2. The van der Waals surface area contributed by atoms with E-state index in [-0.39, 0.29) is 17.1 Å². The van der Waals surface area contributed by atoms with Crippen molar-refractivity contribution in [2.24, 2.45) is 7.05 Å². The molecule has 132 valence electrons. The Bertz CT molecular complexity index is 809. The second-order valence-corrected chi connectivity index (χ2v) is 6.32. The molecule has 2 N–H and O–H groups in total. The van der Waals surface area contributed by atoms with E-state index in [1.54, 1.807) is 6.07 Å². The fraction of sp³-hybridized carbons (Fsp3) is 0.412. The summed E-state index contributed by atoms with van der Waals surface area (Å²) in [5.74, 6) is -0.548. The molecule has 1 aromatic carbocycles. The molecule has 1 saturated carbocycles. The molecule has 1 aliphatic rings. The van der Waals surface area contributed by atoms with Crippen LogP contribution in [0.2, 0.25) is 0 Å². The van der Waals surface area contributed by atoms with Gasteiger partial charge in [0.15, 0.2) is 0 Å². The first-order valence-corrected chi connectivity index (χ1v) is 8.31. The Morgan fingerprint density at radius 2 is 2.00 bits per heavy atom. The van der Waals surface area contributed by atoms with Crippen molar-refractivity contribution in [3.63, 3.8) is 0 Å². The second-order valence-electron chi connectivity index (χ2n) is 6.32. The molecule has 0 aliphatic heterocycles. The van der Waals surface area contributed by atoms with E-state index in [9.17, 15) is 14.9 Å². The number of nitrogens with one attached hydrogen (secondary N) is 2. The monoisotopic (exact) mass is 343 g/mol. The highest BCUT2D eigenvalue weighted by atomic mass is 16.6. The molecular weight excluding hydrogens is 322 g/mol. The van der Waals surface area contributed by atoms with Gasteiger partial charge in [0, 0.05) is 24.5 Å². The molecule has 0 radical (unpaired) electrons. The number of carbonyl (C=O) groups is 1. The fourth-order valence-electron chi connectivity index (χ4n) is 3.30. The van der Waals surface area contributed by atoms with Gasteiger partial charge in [-0.15, -0.1) is 0 Å². The molecule has 1 amide bonds. The minimum atomic E-state index is -0.574. The van der Waals surface area contributed by atoms with Crippen molar-refractivity contribution < 1.29 is 9.72 Å². The van der Waals surface area contributed by atoms with Gasteiger partial charge in [0.1, 0.15) is 5.69 Å². The normalized spacial score (nSPS) is 14.5. The lowest BCUT2D eigenvalue weighted by Gasteiger charge is -2.14. The molecule has 8 heteroatoms. The summed E-state index contributed by atoms with van der Waals surface area (Å²) in [6.45, 7) is 1.51. The SMILES string of the molecule is Cc1nn(C)c(C(=O)Nc2cccc(NC3CCCC3)c2)c1[N+](=O)[O-]. The van der Waals surface area contributed by atoms with E-state index < -0.39 is 10.8 Å². The number of aromatic nitrogens is 2. The summed E-state index contributed by atoms with van der Waals surface area (Å²) < 4.78 is 1.24. The summed E-state index contributed by atoms with van der Waals surface area (Å²) in [6, 6.07) is 7.85. The van der Waals surface area contributed by atoms with E-state index in [4.69, 9.17) is 0 Å². The average molecular weight is 343 g/mol. The molecule has 3 rings (SSSR count). The highest BCUT2D eigenvalue weighted by molar-refractivity contribution is 6.06. The number of amides is 1. The molecule has 0 saturated heterocycles. The average Bonchev–Trinajstić information content (AvgIpc) is 3.14. The number of benzene rings is 1. The van der Waals surface area contributed by atoms with E-state index in [1.165, 1.54) is 31.5 Å². The molecule has 8 nitrogen and oxygen atoms in total. The Balaban J connectivity index is 1.78. The number of hydrogen-bond acceptors (Lipinski definition) is 5. The van der Waals surface area contributed by atoms with Gasteiger partial charge >= 0.3 is 5.69 Å². The van der Waals surface area contributed by atoms with Crippen LogP contribution in [0.5, 0.6) is 0 Å². The first-order valence-electron chi connectivity index (χ1n) is 8.31. The number of nitrogens with zero attached hydrogens (tertiary/aromatic N) is 3. The predicted molar refractivity (Wildman–Crippen MR) is 94.9 cm³/mol. The van der Waals surface area contributed by atoms with Gasteiger partial charge in [-0.05, 0) is 38.0 Å². The van der Waals surface area contributed by atoms with Crippen molar-refractivity contribution in [2.75, 3.05) is 10.6 Å². The van der Waals surface area contributed by atoms with Crippen molar-refractivity contribution in [3.05, 3.63) is 45.8 Å². The number of carbonyl (C=O) groups excluding carboxylic acids is 1. The standard InChI is InChI=1S/C17H21N5O3/c1-11-15(22(24)25)16(21(2)20-11)17(23)19-14-9-5-8-13(10-14)18-12-6-3-4-7-12/h5,8-10,12,18H,3-4,6-7H2,1-2H3,(H,19,23). The van der Waals surface area contributed by atoms with E-state index in [2.05, 4.69) is 15.7 Å². The van der Waals surface area contributed by atoms with Gasteiger partial charge in [0.05, 0.1) is 4.92 Å². The third kappa shape index (κ3) is 3.62. The maximum atomic E-state index is 12.5. The Kier molecular flexibility index (Phi) is 4.69. The third-order valence-electron chi connectivity index (χ3n) is 4.43. The summed E-state index contributed by atoms with van der Waals surface area (Å²) in [7, 11) is 1.52. The highest BCUT2D eigenvalue weighted by Crippen LogP contribution is 2.26.